The Kier molecular flexibility index (Phi) is 5.85. The van der Waals surface area contributed by atoms with Crippen LogP contribution in [0.25, 0.3) is 0 Å². The van der Waals surface area contributed by atoms with Crippen LogP contribution in [-0.4, -0.2) is 54.0 Å². The summed E-state index contributed by atoms with van der Waals surface area (Å²) in [7, 11) is 0. The van der Waals surface area contributed by atoms with E-state index in [4.69, 9.17) is 0 Å². The average molecular weight is 405 g/mol. The van der Waals surface area contributed by atoms with Crippen molar-refractivity contribution in [2.45, 2.75) is 61.5 Å². The van der Waals surface area contributed by atoms with Gasteiger partial charge in [0, 0.05) is 0 Å². The Morgan fingerprint density at radius 3 is 1.60 bits per heavy atom. The van der Waals surface area contributed by atoms with Crippen molar-refractivity contribution in [3.05, 3.63) is 0 Å². The zero-order valence-electron chi connectivity index (χ0n) is 11.5. The first-order valence-corrected chi connectivity index (χ1v) is 6.21. The molecule has 1 aliphatic rings. The molecule has 0 amide bonds. The number of alkyl halides is 11. The maximum Gasteiger partial charge on any atom is 0.429 e. The molecule has 5 unspecified atom stereocenters. The van der Waals surface area contributed by atoms with Crippen molar-refractivity contribution >= 4 is 0 Å². The van der Waals surface area contributed by atoms with Crippen LogP contribution in [0, 0.1) is 0 Å². The summed E-state index contributed by atoms with van der Waals surface area (Å²) in [5.41, 5.74) is -5.54. The Morgan fingerprint density at radius 2 is 1.24 bits per heavy atom. The largest absolute Gasteiger partial charge is 0.429 e. The summed E-state index contributed by atoms with van der Waals surface area (Å²) in [5.74, 6) is -5.45. The van der Waals surface area contributed by atoms with Gasteiger partial charge < -0.3 is 4.74 Å². The fraction of sp³-hybridized carbons (Fsp3) is 1.00. The van der Waals surface area contributed by atoms with Gasteiger partial charge in [0.2, 0.25) is 0 Å². The normalized spacial score (nSPS) is 28.1. The Bertz CT molecular complexity index is 463. The maximum atomic E-state index is 13.9. The van der Waals surface area contributed by atoms with Gasteiger partial charge in [-0.15, -0.1) is 0 Å². The first kappa shape index (κ1) is 22.1. The van der Waals surface area contributed by atoms with E-state index in [-0.39, 0.29) is 0 Å². The second-order valence-corrected chi connectivity index (χ2v) is 5.13. The highest BCUT2D eigenvalue weighted by Gasteiger charge is 2.72. The lowest BCUT2D eigenvalue weighted by Gasteiger charge is -2.35. The van der Waals surface area contributed by atoms with E-state index in [1.165, 1.54) is 0 Å². The molecule has 0 spiro atoms. The summed E-state index contributed by atoms with van der Waals surface area (Å²) < 4.78 is 168. The molecule has 25 heavy (non-hydrogen) atoms. The number of hydrogen-bond acceptors (Lipinski definition) is 2. The summed E-state index contributed by atoms with van der Waals surface area (Å²) in [6, 6.07) is 0. The van der Waals surface area contributed by atoms with Gasteiger partial charge in [-0.25, -0.2) is 22.0 Å². The van der Waals surface area contributed by atoms with E-state index in [2.05, 4.69) is 4.74 Å². The Labute approximate surface area is 130 Å². The van der Waals surface area contributed by atoms with Gasteiger partial charge in [0.1, 0.15) is 12.2 Å². The smallest absolute Gasteiger partial charge is 0.365 e. The number of nitrogens with zero attached hydrogens (tertiary/aromatic N) is 1. The molecule has 15 heteroatoms. The molecule has 0 saturated carbocycles. The second kappa shape index (κ2) is 6.63. The summed E-state index contributed by atoms with van der Waals surface area (Å²) >= 11 is 0. The van der Waals surface area contributed by atoms with Gasteiger partial charge in [0.25, 0.3) is 18.1 Å². The lowest BCUT2D eigenvalue weighted by Crippen LogP contribution is -2.60. The Morgan fingerprint density at radius 1 is 0.800 bits per heavy atom. The fourth-order valence-corrected chi connectivity index (χ4v) is 2.22. The number of halogens is 13. The van der Waals surface area contributed by atoms with Gasteiger partial charge in [0.15, 0.2) is 0 Å². The van der Waals surface area contributed by atoms with E-state index < -0.39 is 66.8 Å². The van der Waals surface area contributed by atoms with Gasteiger partial charge in [-0.3, -0.25) is 0 Å². The molecule has 5 atom stereocenters. The highest BCUT2D eigenvalue weighted by atomic mass is 19.4. The van der Waals surface area contributed by atoms with Gasteiger partial charge in [0.05, 0.1) is 5.34 Å². The molecule has 0 aromatic carbocycles. The monoisotopic (exact) mass is 405 g/mol. The van der Waals surface area contributed by atoms with E-state index in [1.807, 2.05) is 0 Å². The first-order chi connectivity index (χ1) is 11.0. The SMILES string of the molecule is FC(C(F)(F)F)C(F)(F)C1CCC(C(F)(C(F)N(F)F)C(F)(F)F)O1. The van der Waals surface area contributed by atoms with Crippen molar-refractivity contribution in [2.75, 3.05) is 0 Å². The molecular formula is C10H8F13NO. The van der Waals surface area contributed by atoms with E-state index in [0.29, 0.717) is 0 Å². The molecule has 1 saturated heterocycles. The third-order valence-electron chi connectivity index (χ3n) is 3.50. The summed E-state index contributed by atoms with van der Waals surface area (Å²) in [5, 5.41) is -2.84. The highest BCUT2D eigenvalue weighted by Crippen LogP contribution is 2.50. The molecule has 1 fully saturated rings. The van der Waals surface area contributed by atoms with Crippen LogP contribution in [0.4, 0.5) is 57.3 Å². The van der Waals surface area contributed by atoms with Crippen molar-refractivity contribution in [3.63, 3.8) is 0 Å². The minimum Gasteiger partial charge on any atom is -0.365 e. The quantitative estimate of drug-likeness (QED) is 0.374. The van der Waals surface area contributed by atoms with Gasteiger partial charge in [-0.05, 0) is 12.8 Å². The van der Waals surface area contributed by atoms with Gasteiger partial charge in [-0.1, -0.05) is 8.96 Å². The molecule has 0 N–H and O–H groups in total. The Balaban J connectivity index is 3.11. The fourth-order valence-electron chi connectivity index (χ4n) is 2.22. The van der Waals surface area contributed by atoms with Crippen LogP contribution < -0.4 is 0 Å². The van der Waals surface area contributed by atoms with E-state index in [9.17, 15) is 57.3 Å². The molecule has 1 aliphatic heterocycles. The van der Waals surface area contributed by atoms with E-state index in [0.717, 1.165) is 0 Å². The second-order valence-electron chi connectivity index (χ2n) is 5.13. The summed E-state index contributed by atoms with van der Waals surface area (Å²) in [4.78, 5) is 0. The average Bonchev–Trinajstić information content (AvgIpc) is 2.93. The van der Waals surface area contributed by atoms with Crippen LogP contribution in [0.3, 0.4) is 0 Å². The number of hydrogen-bond donors (Lipinski definition) is 0. The van der Waals surface area contributed by atoms with Gasteiger partial charge >= 0.3 is 18.3 Å². The van der Waals surface area contributed by atoms with Crippen LogP contribution in [0.2, 0.25) is 0 Å². The predicted octanol–water partition coefficient (Wildman–Crippen LogP) is 4.71. The van der Waals surface area contributed by atoms with Crippen molar-refractivity contribution in [1.82, 2.24) is 5.34 Å². The minimum atomic E-state index is -6.39. The summed E-state index contributed by atoms with van der Waals surface area (Å²) in [6.45, 7) is 0. The number of ether oxygens (including phenoxy) is 1. The molecule has 2 nitrogen and oxygen atoms in total. The molecule has 0 bridgehead atoms. The van der Waals surface area contributed by atoms with Crippen LogP contribution in [0.5, 0.6) is 0 Å². The zero-order valence-corrected chi connectivity index (χ0v) is 11.5. The first-order valence-electron chi connectivity index (χ1n) is 6.21. The molecule has 0 aromatic rings. The van der Waals surface area contributed by atoms with E-state index >= 15 is 0 Å². The van der Waals surface area contributed by atoms with Crippen LogP contribution in [0.15, 0.2) is 0 Å². The van der Waals surface area contributed by atoms with Crippen LogP contribution >= 0.6 is 0 Å². The molecule has 150 valence electrons. The van der Waals surface area contributed by atoms with Crippen molar-refractivity contribution < 1.29 is 62.0 Å². The van der Waals surface area contributed by atoms with Crippen molar-refractivity contribution in [1.29, 1.82) is 0 Å². The highest BCUT2D eigenvalue weighted by molar-refractivity contribution is 5.04. The third kappa shape index (κ3) is 3.90. The summed E-state index contributed by atoms with van der Waals surface area (Å²) in [6.07, 6.45) is -31.6. The number of rotatable bonds is 5. The van der Waals surface area contributed by atoms with Crippen molar-refractivity contribution in [2.24, 2.45) is 0 Å². The minimum absolute atomic E-state index is 1.46. The molecular weight excluding hydrogens is 397 g/mol. The lowest BCUT2D eigenvalue weighted by atomic mass is 9.94. The Hall–Kier alpha value is -0.990. The standard InChI is InChI=1S/C10H8F13NO/c11-5(9(16,17)18)8(14,15)4-2-1-3(25-4)7(13,10(19,20)21)6(12)24(22)23/h3-6H,1-2H2. The van der Waals surface area contributed by atoms with Crippen LogP contribution in [-0.2, 0) is 4.74 Å². The predicted molar refractivity (Wildman–Crippen MR) is 52.6 cm³/mol. The molecule has 0 aliphatic carbocycles. The van der Waals surface area contributed by atoms with Gasteiger partial charge in [-0.2, -0.15) is 26.3 Å². The topological polar surface area (TPSA) is 12.5 Å². The molecule has 1 heterocycles. The zero-order chi connectivity index (χ0) is 20.0. The van der Waals surface area contributed by atoms with Crippen molar-refractivity contribution in [3.8, 4) is 0 Å². The maximum absolute atomic E-state index is 13.9. The van der Waals surface area contributed by atoms with E-state index in [1.54, 1.807) is 0 Å². The van der Waals surface area contributed by atoms with Crippen LogP contribution in [0.1, 0.15) is 12.8 Å². The molecule has 0 aromatic heterocycles. The third-order valence-corrected chi connectivity index (χ3v) is 3.50. The lowest BCUT2D eigenvalue weighted by molar-refractivity contribution is -0.353. The molecule has 1 rings (SSSR count). The molecule has 0 radical (unpaired) electrons.